The summed E-state index contributed by atoms with van der Waals surface area (Å²) in [5.41, 5.74) is 3.79. The molecule has 7 heteroatoms. The molecule has 1 aliphatic rings. The second-order valence-corrected chi connectivity index (χ2v) is 8.56. The number of nitrogens with zero attached hydrogens (tertiary/aromatic N) is 1. The number of hydrogen-bond donors (Lipinski definition) is 1. The van der Waals surface area contributed by atoms with Crippen molar-refractivity contribution in [3.63, 3.8) is 0 Å². The Labute approximate surface area is 202 Å². The molecule has 0 unspecified atom stereocenters. The molecule has 0 aliphatic carbocycles. The molecule has 33 heavy (non-hydrogen) atoms. The lowest BCUT2D eigenvalue weighted by Crippen LogP contribution is -2.36. The average molecular weight is 515 g/mol. The molecule has 0 aromatic heterocycles. The van der Waals surface area contributed by atoms with E-state index in [0.29, 0.717) is 30.2 Å². The minimum absolute atomic E-state index is 0.131. The van der Waals surface area contributed by atoms with Crippen LogP contribution in [-0.2, 0) is 17.9 Å². The van der Waals surface area contributed by atoms with Crippen LogP contribution in [0.4, 0.5) is 15.8 Å². The fraction of sp³-hybridized carbons (Fsp3) is 0.308. The van der Waals surface area contributed by atoms with Crippen molar-refractivity contribution in [3.8, 4) is 11.5 Å². The van der Waals surface area contributed by atoms with Crippen LogP contribution in [0.1, 0.15) is 18.1 Å². The zero-order chi connectivity index (χ0) is 23.0. The molecule has 3 aromatic rings. The molecule has 0 bridgehead atoms. The molecule has 5 nitrogen and oxygen atoms in total. The predicted octanol–water partition coefficient (Wildman–Crippen LogP) is 6.01. The van der Waals surface area contributed by atoms with Crippen molar-refractivity contribution >= 4 is 27.3 Å². The van der Waals surface area contributed by atoms with Crippen LogP contribution in [0.25, 0.3) is 0 Å². The normalized spacial score (nSPS) is 13.6. The summed E-state index contributed by atoms with van der Waals surface area (Å²) in [6.45, 7) is 6.57. The number of nitrogens with one attached hydrogen (secondary N) is 1. The molecule has 0 amide bonds. The van der Waals surface area contributed by atoms with Crippen molar-refractivity contribution < 1.29 is 18.6 Å². The van der Waals surface area contributed by atoms with Crippen molar-refractivity contribution in [1.29, 1.82) is 0 Å². The molecular formula is C26H28BrFN2O3. The highest BCUT2D eigenvalue weighted by Crippen LogP contribution is 2.35. The van der Waals surface area contributed by atoms with E-state index in [9.17, 15) is 4.39 Å². The first-order valence-corrected chi connectivity index (χ1v) is 11.9. The molecule has 0 atom stereocenters. The quantitative estimate of drug-likeness (QED) is 0.378. The number of rotatable bonds is 9. The van der Waals surface area contributed by atoms with Crippen molar-refractivity contribution in [2.75, 3.05) is 43.1 Å². The van der Waals surface area contributed by atoms with Crippen LogP contribution in [0.5, 0.6) is 11.5 Å². The maximum absolute atomic E-state index is 13.9. The van der Waals surface area contributed by atoms with E-state index in [1.54, 1.807) is 18.2 Å². The summed E-state index contributed by atoms with van der Waals surface area (Å²) < 4.78 is 32.0. The Balaban J connectivity index is 1.42. The van der Waals surface area contributed by atoms with Crippen molar-refractivity contribution in [1.82, 2.24) is 0 Å². The standard InChI is InChI=1S/C26H28BrFN2O3/c1-2-32-25-15-20(23(27)16-26(25)33-18-19-5-3-4-6-24(19)28)17-29-21-7-9-22(10-8-21)30-11-13-31-14-12-30/h3-10,15-16,29H,2,11-14,17-18H2,1H3. The van der Waals surface area contributed by atoms with Gasteiger partial charge in [0, 0.05) is 41.0 Å². The Morgan fingerprint density at radius 2 is 1.70 bits per heavy atom. The third-order valence-corrected chi connectivity index (χ3v) is 6.22. The van der Waals surface area contributed by atoms with E-state index in [1.807, 2.05) is 19.1 Å². The lowest BCUT2D eigenvalue weighted by atomic mass is 10.2. The van der Waals surface area contributed by atoms with Gasteiger partial charge in [0.2, 0.25) is 0 Å². The average Bonchev–Trinajstić information content (AvgIpc) is 2.85. The molecule has 0 radical (unpaired) electrons. The van der Waals surface area contributed by atoms with Gasteiger partial charge in [-0.05, 0) is 55.0 Å². The summed E-state index contributed by atoms with van der Waals surface area (Å²) >= 11 is 3.64. The van der Waals surface area contributed by atoms with Gasteiger partial charge >= 0.3 is 0 Å². The van der Waals surface area contributed by atoms with Crippen molar-refractivity contribution in [3.05, 3.63) is 82.1 Å². The fourth-order valence-corrected chi connectivity index (χ4v) is 4.14. The third-order valence-electron chi connectivity index (χ3n) is 5.48. The zero-order valence-electron chi connectivity index (χ0n) is 18.7. The molecule has 1 fully saturated rings. The Bertz CT molecular complexity index is 1060. The molecular weight excluding hydrogens is 487 g/mol. The molecule has 4 rings (SSSR count). The van der Waals surface area contributed by atoms with Crippen molar-refractivity contribution in [2.24, 2.45) is 0 Å². The second kappa shape index (κ2) is 11.4. The first kappa shape index (κ1) is 23.4. The smallest absolute Gasteiger partial charge is 0.162 e. The summed E-state index contributed by atoms with van der Waals surface area (Å²) in [5, 5.41) is 3.47. The van der Waals surface area contributed by atoms with Gasteiger partial charge in [0.25, 0.3) is 0 Å². The zero-order valence-corrected chi connectivity index (χ0v) is 20.2. The van der Waals surface area contributed by atoms with Crippen LogP contribution >= 0.6 is 15.9 Å². The van der Waals surface area contributed by atoms with Crippen molar-refractivity contribution in [2.45, 2.75) is 20.1 Å². The van der Waals surface area contributed by atoms with E-state index in [2.05, 4.69) is 50.4 Å². The Kier molecular flexibility index (Phi) is 8.07. The molecule has 1 N–H and O–H groups in total. The Morgan fingerprint density at radius 3 is 2.42 bits per heavy atom. The SMILES string of the molecule is CCOc1cc(CNc2ccc(N3CCOCC3)cc2)c(Br)cc1OCc1ccccc1F. The summed E-state index contributed by atoms with van der Waals surface area (Å²) in [7, 11) is 0. The summed E-state index contributed by atoms with van der Waals surface area (Å²) in [6.07, 6.45) is 0. The first-order valence-electron chi connectivity index (χ1n) is 11.1. The highest BCUT2D eigenvalue weighted by Gasteiger charge is 2.13. The monoisotopic (exact) mass is 514 g/mol. The minimum Gasteiger partial charge on any atom is -0.490 e. The molecule has 174 valence electrons. The number of hydrogen-bond acceptors (Lipinski definition) is 5. The lowest BCUT2D eigenvalue weighted by Gasteiger charge is -2.29. The van der Waals surface area contributed by atoms with Crippen LogP contribution < -0.4 is 19.7 Å². The van der Waals surface area contributed by atoms with Gasteiger partial charge in [-0.15, -0.1) is 0 Å². The van der Waals surface area contributed by atoms with Gasteiger partial charge in [-0.25, -0.2) is 4.39 Å². The number of halogens is 2. The maximum atomic E-state index is 13.9. The third kappa shape index (κ3) is 6.18. The predicted molar refractivity (Wildman–Crippen MR) is 133 cm³/mol. The van der Waals surface area contributed by atoms with E-state index >= 15 is 0 Å². The number of benzene rings is 3. The highest BCUT2D eigenvalue weighted by molar-refractivity contribution is 9.10. The number of anilines is 2. The van der Waals surface area contributed by atoms with E-state index in [4.69, 9.17) is 14.2 Å². The molecule has 3 aromatic carbocycles. The molecule has 0 saturated carbocycles. The van der Waals surface area contributed by atoms with Gasteiger partial charge in [-0.3, -0.25) is 0 Å². The molecule has 1 heterocycles. The van der Waals surface area contributed by atoms with Crippen LogP contribution in [0.15, 0.2) is 65.1 Å². The van der Waals surface area contributed by atoms with E-state index < -0.39 is 0 Å². The minimum atomic E-state index is -0.282. The maximum Gasteiger partial charge on any atom is 0.162 e. The second-order valence-electron chi connectivity index (χ2n) is 7.70. The van der Waals surface area contributed by atoms with E-state index in [-0.39, 0.29) is 12.4 Å². The van der Waals surface area contributed by atoms with Gasteiger partial charge < -0.3 is 24.4 Å². The van der Waals surface area contributed by atoms with E-state index in [0.717, 1.165) is 42.0 Å². The fourth-order valence-electron chi connectivity index (χ4n) is 3.67. The number of morpholine rings is 1. The molecule has 0 spiro atoms. The van der Waals surface area contributed by atoms with Gasteiger partial charge in [0.15, 0.2) is 11.5 Å². The lowest BCUT2D eigenvalue weighted by molar-refractivity contribution is 0.122. The topological polar surface area (TPSA) is 43.0 Å². The van der Waals surface area contributed by atoms with Crippen LogP contribution in [0.3, 0.4) is 0 Å². The highest BCUT2D eigenvalue weighted by atomic mass is 79.9. The van der Waals surface area contributed by atoms with Crippen LogP contribution in [0, 0.1) is 5.82 Å². The van der Waals surface area contributed by atoms with Gasteiger partial charge in [-0.1, -0.05) is 34.1 Å². The molecule has 1 aliphatic heterocycles. The Hall–Kier alpha value is -2.77. The summed E-state index contributed by atoms with van der Waals surface area (Å²) in [5.74, 6) is 0.928. The Morgan fingerprint density at radius 1 is 0.970 bits per heavy atom. The summed E-state index contributed by atoms with van der Waals surface area (Å²) in [6, 6.07) is 18.9. The summed E-state index contributed by atoms with van der Waals surface area (Å²) in [4.78, 5) is 2.33. The van der Waals surface area contributed by atoms with Gasteiger partial charge in [0.1, 0.15) is 12.4 Å². The molecule has 1 saturated heterocycles. The first-order chi connectivity index (χ1) is 16.1. The number of ether oxygens (including phenoxy) is 3. The van der Waals surface area contributed by atoms with Crippen LogP contribution in [-0.4, -0.2) is 32.9 Å². The largest absolute Gasteiger partial charge is 0.490 e. The van der Waals surface area contributed by atoms with Gasteiger partial charge in [0.05, 0.1) is 19.8 Å². The van der Waals surface area contributed by atoms with Crippen LogP contribution in [0.2, 0.25) is 0 Å². The van der Waals surface area contributed by atoms with E-state index in [1.165, 1.54) is 11.8 Å². The van der Waals surface area contributed by atoms with Gasteiger partial charge in [-0.2, -0.15) is 0 Å².